The molecule has 8 N–H and O–H groups in total. The molecule has 11 atom stereocenters. The summed E-state index contributed by atoms with van der Waals surface area (Å²) in [6.07, 6.45) is 0.303. The first-order valence-corrected chi connectivity index (χ1v) is 33.0. The number of imide groups is 1. The number of unbranched alkanes of at least 4 members (excludes halogenated alkanes) is 2. The van der Waals surface area contributed by atoms with E-state index in [0.29, 0.717) is 36.9 Å². The first-order valence-electron chi connectivity index (χ1n) is 33.0. The van der Waals surface area contributed by atoms with E-state index in [4.69, 9.17) is 24.7 Å². The van der Waals surface area contributed by atoms with Crippen molar-refractivity contribution in [3.63, 3.8) is 0 Å². The lowest BCUT2D eigenvalue weighted by Gasteiger charge is -2.41. The first-order chi connectivity index (χ1) is 45.3. The summed E-state index contributed by atoms with van der Waals surface area (Å²) in [7, 11) is 8.02. The van der Waals surface area contributed by atoms with E-state index >= 15 is 0 Å². The van der Waals surface area contributed by atoms with E-state index in [2.05, 4.69) is 31.9 Å². The number of carbonyl (C=O) groups excluding carboxylic acids is 11. The van der Waals surface area contributed by atoms with Crippen LogP contribution in [0.15, 0.2) is 54.6 Å². The van der Waals surface area contributed by atoms with Crippen LogP contribution < -0.4 is 37.6 Å². The number of rotatable bonds is 39. The number of halogens is 2. The summed E-state index contributed by atoms with van der Waals surface area (Å²) >= 11 is 0. The average Bonchev–Trinajstić information content (AvgIpc) is 1.57. The quantitative estimate of drug-likeness (QED) is 0.0260. The van der Waals surface area contributed by atoms with Crippen LogP contribution in [0, 0.1) is 41.2 Å². The summed E-state index contributed by atoms with van der Waals surface area (Å²) < 4.78 is 52.6. The SMILES string of the molecule is CC[C@H](C)[C@@H]([C@@H](CC(=O)N1C[C@@H](OC(=O)OCc2ccc(NC(=O)[C@H](CCCNC(N)=O)NC(=O)[C@@H](NC(=O)CCCCCN3C(=O)C=CC3=O)C(C)C)cc2)C[C@H]1[C@H](OC)[C@@H](C)C(=O)NCCc1c(F)cccc1F)OC)N(C)C(=O)[C@@H](NC(=O)[C@H](C(C)C)N(C)C)C(C)C. The van der Waals surface area contributed by atoms with Gasteiger partial charge in [-0.3, -0.25) is 53.0 Å². The van der Waals surface area contributed by atoms with Gasteiger partial charge in [0, 0.05) is 77.1 Å². The summed E-state index contributed by atoms with van der Waals surface area (Å²) in [6, 6.07) is 3.72. The molecule has 0 aromatic heterocycles. The Morgan fingerprint density at radius 2 is 1.35 bits per heavy atom. The third-order valence-electron chi connectivity index (χ3n) is 17.6. The monoisotopic (exact) mass is 1350 g/mol. The summed E-state index contributed by atoms with van der Waals surface area (Å²) in [4.78, 5) is 152. The second kappa shape index (κ2) is 39.2. The van der Waals surface area contributed by atoms with Gasteiger partial charge in [-0.05, 0) is 99.7 Å². The van der Waals surface area contributed by atoms with Gasteiger partial charge in [0.15, 0.2) is 0 Å². The number of urea groups is 1. The Bertz CT molecular complexity index is 2960. The van der Waals surface area contributed by atoms with Crippen LogP contribution in [-0.2, 0) is 75.1 Å². The van der Waals surface area contributed by atoms with E-state index in [-0.39, 0.29) is 118 Å². The highest BCUT2D eigenvalue weighted by Gasteiger charge is 2.47. The van der Waals surface area contributed by atoms with Crippen LogP contribution >= 0.6 is 0 Å². The number of hydrogen-bond donors (Lipinski definition) is 7. The second-order valence-corrected chi connectivity index (χ2v) is 26.0. The third kappa shape index (κ3) is 23.9. The number of amides is 11. The lowest BCUT2D eigenvalue weighted by atomic mass is 9.89. The van der Waals surface area contributed by atoms with Crippen molar-refractivity contribution < 1.29 is 80.5 Å². The molecule has 0 saturated carbocycles. The maximum Gasteiger partial charge on any atom is 0.508 e. The van der Waals surface area contributed by atoms with Crippen LogP contribution in [0.2, 0.25) is 0 Å². The van der Waals surface area contributed by atoms with E-state index in [9.17, 15) is 61.5 Å². The third-order valence-corrected chi connectivity index (χ3v) is 17.6. The summed E-state index contributed by atoms with van der Waals surface area (Å²) in [5, 5.41) is 16.4. The number of carbonyl (C=O) groups is 11. The van der Waals surface area contributed by atoms with Crippen molar-refractivity contribution in [2.45, 2.75) is 188 Å². The highest BCUT2D eigenvalue weighted by Crippen LogP contribution is 2.32. The number of nitrogens with one attached hydrogen (secondary N) is 6. The van der Waals surface area contributed by atoms with Crippen molar-refractivity contribution >= 4 is 71.0 Å². The van der Waals surface area contributed by atoms with Gasteiger partial charge in [0.25, 0.3) is 11.8 Å². The molecule has 2 aromatic carbocycles. The zero-order chi connectivity index (χ0) is 71.7. The van der Waals surface area contributed by atoms with Gasteiger partial charge < -0.3 is 66.4 Å². The van der Waals surface area contributed by atoms with Gasteiger partial charge in [0.05, 0.1) is 49.2 Å². The van der Waals surface area contributed by atoms with Gasteiger partial charge in [0.1, 0.15) is 42.5 Å². The van der Waals surface area contributed by atoms with Crippen molar-refractivity contribution in [3.05, 3.63) is 77.4 Å². The zero-order valence-corrected chi connectivity index (χ0v) is 58.1. The molecule has 4 rings (SSSR count). The lowest BCUT2D eigenvalue weighted by Crippen LogP contribution is -2.59. The Balaban J connectivity index is 1.49. The number of hydrogen-bond acceptors (Lipinski definition) is 16. The predicted octanol–water partition coefficient (Wildman–Crippen LogP) is 5.10. The Hall–Kier alpha value is -8.11. The molecule has 0 radical (unpaired) electrons. The van der Waals surface area contributed by atoms with E-state index in [1.165, 1.54) is 54.4 Å². The normalized spacial score (nSPS) is 17.5. The second-order valence-electron chi connectivity index (χ2n) is 26.0. The van der Waals surface area contributed by atoms with Crippen LogP contribution in [0.4, 0.5) is 24.1 Å². The molecule has 0 bridgehead atoms. The number of benzene rings is 2. The van der Waals surface area contributed by atoms with Crippen LogP contribution in [0.25, 0.3) is 0 Å². The number of methoxy groups -OCH3 is 2. The van der Waals surface area contributed by atoms with E-state index in [1.807, 2.05) is 41.5 Å². The molecule has 0 aliphatic carbocycles. The Morgan fingerprint density at radius 1 is 0.719 bits per heavy atom. The van der Waals surface area contributed by atoms with Gasteiger partial charge in [-0.15, -0.1) is 0 Å². The van der Waals surface area contributed by atoms with Gasteiger partial charge in [-0.2, -0.15) is 0 Å². The number of ether oxygens (including phenoxy) is 4. The molecule has 26 nitrogen and oxygen atoms in total. The van der Waals surface area contributed by atoms with Gasteiger partial charge in [0.2, 0.25) is 41.4 Å². The number of primary amides is 1. The molecule has 2 aliphatic rings. The number of anilines is 1. The maximum absolute atomic E-state index is 15.0. The standard InChI is InChI=1S/C68H103F2N11O15/c1-15-42(8)60(79(12)66(90)58(40(4)5)77-65(89)59(41(6)7)78(10)11)52(93-13)36-56(85)81-37-46(35-51(81)61(94-14)43(9)62(86)72-33-31-47-48(69)21-19-22-49(47)70)96-68(92)95-38-44-25-27-45(28-26-44)74-63(87)50(23-20-32-73-67(71)91)75-64(88)57(39(2)3)76-53(82)24-17-16-18-34-80-54(83)29-30-55(80)84/h19,21-22,25-30,39-43,46,50-52,57-61H,15-18,20,23-24,31-38H2,1-14H3,(H,72,86)(H,74,87)(H,75,88)(H,76,82)(H,77,89)(H3,71,73,91)/t42-,43+,46-,50-,51-,52+,57-,58-,59-,60-,61+/m0/s1. The van der Waals surface area contributed by atoms with Crippen molar-refractivity contribution in [2.75, 3.05) is 66.9 Å². The Labute approximate surface area is 562 Å². The molecule has 534 valence electrons. The molecule has 2 aromatic rings. The molecule has 0 unspecified atom stereocenters. The summed E-state index contributed by atoms with van der Waals surface area (Å²) in [5.74, 6) is -7.65. The molecule has 1 saturated heterocycles. The van der Waals surface area contributed by atoms with Crippen molar-refractivity contribution in [1.82, 2.24) is 46.2 Å². The summed E-state index contributed by atoms with van der Waals surface area (Å²) in [6.45, 7) is 16.1. The Morgan fingerprint density at radius 3 is 1.92 bits per heavy atom. The Kier molecular flexibility index (Phi) is 32.8. The highest BCUT2D eigenvalue weighted by molar-refractivity contribution is 6.12. The highest BCUT2D eigenvalue weighted by atomic mass is 19.1. The average molecular weight is 1350 g/mol. The van der Waals surface area contributed by atoms with Crippen molar-refractivity contribution in [2.24, 2.45) is 35.3 Å². The maximum atomic E-state index is 15.0. The fraction of sp³-hybridized carbons (Fsp3) is 0.632. The molecular weight excluding hydrogens is 1250 g/mol. The fourth-order valence-corrected chi connectivity index (χ4v) is 12.2. The molecule has 2 heterocycles. The molecule has 96 heavy (non-hydrogen) atoms. The number of likely N-dealkylation sites (tertiary alicyclic amines) is 1. The minimum atomic E-state index is -1.14. The predicted molar refractivity (Wildman–Crippen MR) is 354 cm³/mol. The zero-order valence-electron chi connectivity index (χ0n) is 58.1. The number of nitrogens with zero attached hydrogens (tertiary/aromatic N) is 4. The molecule has 1 fully saturated rings. The minimum Gasteiger partial charge on any atom is -0.429 e. The lowest BCUT2D eigenvalue weighted by molar-refractivity contribution is -0.148. The number of likely N-dealkylation sites (N-methyl/N-ethyl adjacent to an activating group) is 2. The van der Waals surface area contributed by atoms with Gasteiger partial charge in [-0.1, -0.05) is 93.4 Å². The molecule has 11 amide bonds. The van der Waals surface area contributed by atoms with E-state index in [0.717, 1.165) is 17.0 Å². The van der Waals surface area contributed by atoms with Crippen LogP contribution in [0.3, 0.4) is 0 Å². The number of nitrogens with two attached hydrogens (primary N) is 1. The first kappa shape index (κ1) is 80.3. The van der Waals surface area contributed by atoms with Crippen LogP contribution in [0.5, 0.6) is 0 Å². The molecule has 0 spiro atoms. The fourth-order valence-electron chi connectivity index (χ4n) is 12.2. The van der Waals surface area contributed by atoms with Crippen molar-refractivity contribution in [3.8, 4) is 0 Å². The molecule has 2 aliphatic heterocycles. The van der Waals surface area contributed by atoms with Gasteiger partial charge in [-0.25, -0.2) is 18.4 Å². The molecule has 28 heteroatoms. The van der Waals surface area contributed by atoms with Crippen molar-refractivity contribution in [1.29, 1.82) is 0 Å². The summed E-state index contributed by atoms with van der Waals surface area (Å²) in [5.41, 5.74) is 5.81. The topological polar surface area (TPSA) is 336 Å². The van der Waals surface area contributed by atoms with Gasteiger partial charge >= 0.3 is 12.2 Å². The van der Waals surface area contributed by atoms with Crippen LogP contribution in [0.1, 0.15) is 131 Å². The van der Waals surface area contributed by atoms with E-state index < -0.39 is 120 Å². The van der Waals surface area contributed by atoms with E-state index in [1.54, 1.807) is 58.9 Å². The van der Waals surface area contributed by atoms with Crippen LogP contribution in [-0.4, -0.2) is 201 Å². The molecular formula is C68H103F2N11O15. The largest absolute Gasteiger partial charge is 0.508 e. The minimum absolute atomic E-state index is 0.0265. The smallest absolute Gasteiger partial charge is 0.429 e.